The Morgan fingerprint density at radius 3 is 2.50 bits per heavy atom. The van der Waals surface area contributed by atoms with Crippen molar-refractivity contribution in [1.82, 2.24) is 0 Å². The number of rotatable bonds is 3. The average Bonchev–Trinajstić information content (AvgIpc) is 1.87. The van der Waals surface area contributed by atoms with Gasteiger partial charge in [-0.2, -0.15) is 0 Å². The molecule has 0 aliphatic rings. The van der Waals surface area contributed by atoms with Crippen molar-refractivity contribution in [3.05, 3.63) is 12.2 Å². The van der Waals surface area contributed by atoms with Gasteiger partial charge in [-0.3, -0.25) is 4.79 Å². The molecule has 56 valence electrons. The van der Waals surface area contributed by atoms with Crippen LogP contribution >= 0.6 is 0 Å². The van der Waals surface area contributed by atoms with Crippen molar-refractivity contribution in [2.75, 3.05) is 7.11 Å². The van der Waals surface area contributed by atoms with Gasteiger partial charge in [0, 0.05) is 12.5 Å². The summed E-state index contributed by atoms with van der Waals surface area (Å²) in [6.45, 7) is 1.46. The standard InChI is InChI=1S/C7H10O3/c1-6(8)4-3-5-7(9)10-2/h3,5H,4H2,1-2H3/b5-3+. The molecule has 0 saturated carbocycles. The molecule has 0 spiro atoms. The predicted molar refractivity (Wildman–Crippen MR) is 36.5 cm³/mol. The first-order valence-corrected chi connectivity index (χ1v) is 2.90. The van der Waals surface area contributed by atoms with Crippen molar-refractivity contribution in [2.45, 2.75) is 13.3 Å². The van der Waals surface area contributed by atoms with Crippen LogP contribution in [0.1, 0.15) is 13.3 Å². The first-order chi connectivity index (χ1) is 4.66. The summed E-state index contributed by atoms with van der Waals surface area (Å²) in [4.78, 5) is 20.7. The Labute approximate surface area is 59.7 Å². The molecule has 0 rings (SSSR count). The number of ketones is 1. The number of carbonyl (C=O) groups is 2. The van der Waals surface area contributed by atoms with Gasteiger partial charge in [-0.1, -0.05) is 6.08 Å². The van der Waals surface area contributed by atoms with E-state index in [4.69, 9.17) is 0 Å². The van der Waals surface area contributed by atoms with Crippen molar-refractivity contribution in [1.29, 1.82) is 0 Å². The maximum absolute atomic E-state index is 10.4. The first kappa shape index (κ1) is 8.88. The van der Waals surface area contributed by atoms with E-state index in [0.717, 1.165) is 0 Å². The van der Waals surface area contributed by atoms with E-state index in [2.05, 4.69) is 4.74 Å². The maximum atomic E-state index is 10.4. The molecule has 0 aromatic rings. The van der Waals surface area contributed by atoms with E-state index < -0.39 is 5.97 Å². The van der Waals surface area contributed by atoms with Gasteiger partial charge in [0.25, 0.3) is 0 Å². The van der Waals surface area contributed by atoms with E-state index in [1.54, 1.807) is 0 Å². The van der Waals surface area contributed by atoms with Crippen LogP contribution in [0.5, 0.6) is 0 Å². The molecule has 0 N–H and O–H groups in total. The summed E-state index contributed by atoms with van der Waals surface area (Å²) in [6.07, 6.45) is 3.00. The largest absolute Gasteiger partial charge is 0.466 e. The zero-order valence-corrected chi connectivity index (χ0v) is 6.09. The molecule has 0 aromatic carbocycles. The Hall–Kier alpha value is -1.12. The fourth-order valence-corrected chi connectivity index (χ4v) is 0.389. The highest BCUT2D eigenvalue weighted by Gasteiger charge is 1.90. The molecular formula is C7H10O3. The van der Waals surface area contributed by atoms with Crippen LogP contribution in [-0.2, 0) is 14.3 Å². The highest BCUT2D eigenvalue weighted by atomic mass is 16.5. The molecule has 0 heterocycles. The van der Waals surface area contributed by atoms with Crippen LogP contribution in [0.3, 0.4) is 0 Å². The summed E-state index contributed by atoms with van der Waals surface area (Å²) in [5.41, 5.74) is 0. The Morgan fingerprint density at radius 1 is 1.50 bits per heavy atom. The van der Waals surface area contributed by atoms with Gasteiger partial charge in [0.1, 0.15) is 5.78 Å². The van der Waals surface area contributed by atoms with Crippen LogP contribution in [0, 0.1) is 0 Å². The molecule has 0 aromatic heterocycles. The topological polar surface area (TPSA) is 43.4 Å². The number of allylic oxidation sites excluding steroid dienone is 1. The third-order valence-corrected chi connectivity index (χ3v) is 0.860. The molecule has 0 atom stereocenters. The van der Waals surface area contributed by atoms with Gasteiger partial charge in [-0.05, 0) is 6.92 Å². The van der Waals surface area contributed by atoms with E-state index in [9.17, 15) is 9.59 Å². The smallest absolute Gasteiger partial charge is 0.330 e. The van der Waals surface area contributed by atoms with Crippen molar-refractivity contribution in [3.8, 4) is 0 Å². The molecule has 0 amide bonds. The molecule has 0 radical (unpaired) electrons. The van der Waals surface area contributed by atoms with Crippen molar-refractivity contribution < 1.29 is 14.3 Å². The molecule has 0 bridgehead atoms. The van der Waals surface area contributed by atoms with Gasteiger partial charge in [0.15, 0.2) is 0 Å². The van der Waals surface area contributed by atoms with Crippen molar-refractivity contribution >= 4 is 11.8 Å². The Kier molecular flexibility index (Phi) is 4.20. The lowest BCUT2D eigenvalue weighted by Gasteiger charge is -1.87. The zero-order valence-electron chi connectivity index (χ0n) is 6.09. The summed E-state index contributed by atoms with van der Waals surface area (Å²) >= 11 is 0. The van der Waals surface area contributed by atoms with E-state index in [-0.39, 0.29) is 12.2 Å². The summed E-state index contributed by atoms with van der Waals surface area (Å²) in [5.74, 6) is -0.401. The fraction of sp³-hybridized carbons (Fsp3) is 0.429. The minimum atomic E-state index is -0.429. The lowest BCUT2D eigenvalue weighted by molar-refractivity contribution is -0.134. The average molecular weight is 142 g/mol. The summed E-state index contributed by atoms with van der Waals surface area (Å²) in [7, 11) is 1.29. The Bertz CT molecular complexity index is 158. The van der Waals surface area contributed by atoms with Gasteiger partial charge in [0.05, 0.1) is 7.11 Å². The molecule has 0 fully saturated rings. The molecule has 0 unspecified atom stereocenters. The molecule has 0 aliphatic carbocycles. The highest BCUT2D eigenvalue weighted by molar-refractivity contribution is 5.83. The van der Waals surface area contributed by atoms with Gasteiger partial charge in [-0.25, -0.2) is 4.79 Å². The third-order valence-electron chi connectivity index (χ3n) is 0.860. The van der Waals surface area contributed by atoms with E-state index in [1.165, 1.54) is 26.2 Å². The number of esters is 1. The van der Waals surface area contributed by atoms with Gasteiger partial charge in [0.2, 0.25) is 0 Å². The number of hydrogen-bond donors (Lipinski definition) is 0. The maximum Gasteiger partial charge on any atom is 0.330 e. The number of carbonyl (C=O) groups excluding carboxylic acids is 2. The molecule has 3 nitrogen and oxygen atoms in total. The van der Waals surface area contributed by atoms with Gasteiger partial charge < -0.3 is 4.74 Å². The van der Waals surface area contributed by atoms with Crippen LogP contribution in [0.15, 0.2) is 12.2 Å². The van der Waals surface area contributed by atoms with Crippen LogP contribution in [-0.4, -0.2) is 18.9 Å². The second-order valence-electron chi connectivity index (χ2n) is 1.83. The van der Waals surface area contributed by atoms with E-state index in [1.807, 2.05) is 0 Å². The van der Waals surface area contributed by atoms with Crippen LogP contribution < -0.4 is 0 Å². The van der Waals surface area contributed by atoms with Crippen molar-refractivity contribution in [2.24, 2.45) is 0 Å². The Balaban J connectivity index is 3.56. The minimum absolute atomic E-state index is 0.0279. The number of Topliss-reactive ketones (excluding diaryl/α,β-unsaturated/α-hetero) is 1. The van der Waals surface area contributed by atoms with Crippen LogP contribution in [0.4, 0.5) is 0 Å². The van der Waals surface area contributed by atoms with Gasteiger partial charge >= 0.3 is 5.97 Å². The second kappa shape index (κ2) is 4.73. The molecule has 0 aliphatic heterocycles. The summed E-state index contributed by atoms with van der Waals surface area (Å²) < 4.78 is 4.29. The third kappa shape index (κ3) is 5.03. The molecule has 3 heteroatoms. The normalized spacial score (nSPS) is 9.80. The zero-order chi connectivity index (χ0) is 7.98. The van der Waals surface area contributed by atoms with E-state index >= 15 is 0 Å². The second-order valence-corrected chi connectivity index (χ2v) is 1.83. The van der Waals surface area contributed by atoms with Gasteiger partial charge in [-0.15, -0.1) is 0 Å². The number of methoxy groups -OCH3 is 1. The lowest BCUT2D eigenvalue weighted by atomic mass is 10.3. The monoisotopic (exact) mass is 142 g/mol. The summed E-state index contributed by atoms with van der Waals surface area (Å²) in [5, 5.41) is 0. The lowest BCUT2D eigenvalue weighted by Crippen LogP contribution is -1.94. The van der Waals surface area contributed by atoms with Crippen molar-refractivity contribution in [3.63, 3.8) is 0 Å². The highest BCUT2D eigenvalue weighted by Crippen LogP contribution is 1.85. The molecule has 10 heavy (non-hydrogen) atoms. The first-order valence-electron chi connectivity index (χ1n) is 2.90. The minimum Gasteiger partial charge on any atom is -0.466 e. The SMILES string of the molecule is COC(=O)/C=C/CC(C)=O. The molecular weight excluding hydrogens is 132 g/mol. The Morgan fingerprint density at radius 2 is 2.10 bits per heavy atom. The van der Waals surface area contributed by atoms with Crippen LogP contribution in [0.2, 0.25) is 0 Å². The van der Waals surface area contributed by atoms with Crippen LogP contribution in [0.25, 0.3) is 0 Å². The summed E-state index contributed by atoms with van der Waals surface area (Å²) in [6, 6.07) is 0. The van der Waals surface area contributed by atoms with E-state index in [0.29, 0.717) is 0 Å². The number of ether oxygens (including phenoxy) is 1. The molecule has 0 saturated heterocycles. The number of hydrogen-bond acceptors (Lipinski definition) is 3. The predicted octanol–water partition coefficient (Wildman–Crippen LogP) is 0.695. The quantitative estimate of drug-likeness (QED) is 0.430. The fourth-order valence-electron chi connectivity index (χ4n) is 0.389.